The van der Waals surface area contributed by atoms with Crippen LogP contribution in [0, 0.1) is 5.82 Å². The Hall–Kier alpha value is -3.54. The number of ether oxygens (including phenoxy) is 2. The van der Waals surface area contributed by atoms with E-state index in [9.17, 15) is 22.4 Å². The van der Waals surface area contributed by atoms with Crippen molar-refractivity contribution in [3.05, 3.63) is 82.1 Å². The highest BCUT2D eigenvalue weighted by atomic mass is 35.5. The molecule has 1 aliphatic heterocycles. The van der Waals surface area contributed by atoms with Crippen molar-refractivity contribution >= 4 is 50.7 Å². The average Bonchev–Trinajstić information content (AvgIpc) is 2.95. The second-order valence-corrected chi connectivity index (χ2v) is 13.7. The van der Waals surface area contributed by atoms with Crippen molar-refractivity contribution in [1.29, 1.82) is 0 Å². The smallest absolute Gasteiger partial charge is 0.264 e. The Kier molecular flexibility index (Phi) is 9.78. The van der Waals surface area contributed by atoms with Crippen molar-refractivity contribution in [2.75, 3.05) is 24.1 Å². The van der Waals surface area contributed by atoms with Crippen LogP contribution in [0.1, 0.15) is 33.3 Å². The molecule has 2 amide bonds. The van der Waals surface area contributed by atoms with Gasteiger partial charge in [-0.25, -0.2) is 12.8 Å². The normalized spacial score (nSPS) is 13.7. The molecule has 13 heteroatoms. The van der Waals surface area contributed by atoms with Crippen LogP contribution in [0.2, 0.25) is 10.0 Å². The number of rotatable bonds is 9. The first-order valence-corrected chi connectivity index (χ1v) is 15.6. The number of benzene rings is 3. The van der Waals surface area contributed by atoms with Crippen molar-refractivity contribution in [3.8, 4) is 11.5 Å². The molecule has 9 nitrogen and oxygen atoms in total. The second kappa shape index (κ2) is 13.0. The van der Waals surface area contributed by atoms with Gasteiger partial charge < -0.3 is 19.7 Å². The van der Waals surface area contributed by atoms with Gasteiger partial charge in [0.25, 0.3) is 10.0 Å². The third kappa shape index (κ3) is 7.90. The Balaban J connectivity index is 1.73. The van der Waals surface area contributed by atoms with Gasteiger partial charge in [-0.05, 0) is 81.8 Å². The van der Waals surface area contributed by atoms with E-state index in [-0.39, 0.29) is 34.5 Å². The van der Waals surface area contributed by atoms with Crippen molar-refractivity contribution in [1.82, 2.24) is 10.2 Å². The lowest BCUT2D eigenvalue weighted by molar-refractivity contribution is -0.140. The Morgan fingerprint density at radius 2 is 1.60 bits per heavy atom. The Morgan fingerprint density at radius 1 is 0.953 bits per heavy atom. The molecule has 3 aromatic rings. The summed E-state index contributed by atoms with van der Waals surface area (Å²) in [5.74, 6) is -1.08. The fraction of sp³-hybridized carbons (Fsp3) is 0.333. The highest BCUT2D eigenvalue weighted by Gasteiger charge is 2.34. The zero-order valence-corrected chi connectivity index (χ0v) is 26.4. The first kappa shape index (κ1) is 32.4. The van der Waals surface area contributed by atoms with Gasteiger partial charge in [0, 0.05) is 18.2 Å². The van der Waals surface area contributed by atoms with Crippen molar-refractivity contribution in [2.45, 2.75) is 50.7 Å². The number of sulfonamides is 1. The molecule has 0 saturated heterocycles. The number of hydrogen-bond acceptors (Lipinski definition) is 6. The number of nitrogens with one attached hydrogen (secondary N) is 1. The monoisotopic (exact) mass is 651 g/mol. The summed E-state index contributed by atoms with van der Waals surface area (Å²) in [6, 6.07) is 12.6. The Morgan fingerprint density at radius 3 is 2.23 bits per heavy atom. The van der Waals surface area contributed by atoms with E-state index >= 15 is 0 Å². The number of hydrogen-bond donors (Lipinski definition) is 1. The van der Waals surface area contributed by atoms with Gasteiger partial charge in [0.1, 0.15) is 31.6 Å². The molecule has 0 aliphatic carbocycles. The molecule has 43 heavy (non-hydrogen) atoms. The average molecular weight is 653 g/mol. The van der Waals surface area contributed by atoms with Crippen LogP contribution in [0.4, 0.5) is 10.1 Å². The molecule has 1 N–H and O–H groups in total. The number of halogens is 3. The van der Waals surface area contributed by atoms with Crippen LogP contribution in [-0.2, 0) is 26.2 Å². The molecule has 0 unspecified atom stereocenters. The summed E-state index contributed by atoms with van der Waals surface area (Å²) in [6.45, 7) is 6.76. The maximum atomic E-state index is 14.0. The summed E-state index contributed by atoms with van der Waals surface area (Å²) >= 11 is 12.3. The SMILES string of the molecule is C[C@@H](C(=O)NC(C)(C)C)N(Cc1ccc(Cl)c(Cl)c1)C(=O)CN(c1ccc(F)cc1)S(=O)(=O)c1ccc2c(c1)OCCO2. The van der Waals surface area contributed by atoms with Gasteiger partial charge in [-0.2, -0.15) is 0 Å². The molecular formula is C30H32Cl2FN3O6S. The molecular weight excluding hydrogens is 620 g/mol. The van der Waals surface area contributed by atoms with E-state index in [0.29, 0.717) is 22.9 Å². The zero-order valence-electron chi connectivity index (χ0n) is 24.1. The molecule has 0 bridgehead atoms. The minimum Gasteiger partial charge on any atom is -0.486 e. The van der Waals surface area contributed by atoms with E-state index in [1.54, 1.807) is 45.9 Å². The summed E-state index contributed by atoms with van der Waals surface area (Å²) in [4.78, 5) is 28.3. The number of amides is 2. The minimum atomic E-state index is -4.40. The summed E-state index contributed by atoms with van der Waals surface area (Å²) in [5, 5.41) is 3.43. The van der Waals surface area contributed by atoms with Gasteiger partial charge in [-0.1, -0.05) is 29.3 Å². The fourth-order valence-electron chi connectivity index (χ4n) is 4.34. The van der Waals surface area contributed by atoms with Gasteiger partial charge in [0.2, 0.25) is 11.8 Å². The van der Waals surface area contributed by atoms with Crippen molar-refractivity contribution in [2.24, 2.45) is 0 Å². The van der Waals surface area contributed by atoms with Gasteiger partial charge in [0.05, 0.1) is 20.6 Å². The molecule has 0 fully saturated rings. The molecule has 3 aromatic carbocycles. The van der Waals surface area contributed by atoms with Crippen LogP contribution in [0.5, 0.6) is 11.5 Å². The molecule has 0 saturated carbocycles. The number of fused-ring (bicyclic) bond motifs is 1. The first-order valence-electron chi connectivity index (χ1n) is 13.4. The van der Waals surface area contributed by atoms with Gasteiger partial charge in [-0.15, -0.1) is 0 Å². The molecule has 0 spiro atoms. The highest BCUT2D eigenvalue weighted by molar-refractivity contribution is 7.92. The molecule has 0 radical (unpaired) electrons. The van der Waals surface area contributed by atoms with Crippen LogP contribution in [-0.4, -0.2) is 56.5 Å². The number of nitrogens with zero attached hydrogens (tertiary/aromatic N) is 2. The maximum absolute atomic E-state index is 14.0. The third-order valence-electron chi connectivity index (χ3n) is 6.50. The lowest BCUT2D eigenvalue weighted by Gasteiger charge is -2.33. The topological polar surface area (TPSA) is 105 Å². The highest BCUT2D eigenvalue weighted by Crippen LogP contribution is 2.34. The van der Waals surface area contributed by atoms with Gasteiger partial charge in [-0.3, -0.25) is 13.9 Å². The molecule has 230 valence electrons. The van der Waals surface area contributed by atoms with Gasteiger partial charge in [0.15, 0.2) is 11.5 Å². The Bertz CT molecular complexity index is 1610. The summed E-state index contributed by atoms with van der Waals surface area (Å²) < 4.78 is 53.9. The van der Waals surface area contributed by atoms with E-state index < -0.39 is 45.8 Å². The molecule has 1 aliphatic rings. The maximum Gasteiger partial charge on any atom is 0.264 e. The molecule has 4 rings (SSSR count). The molecule has 0 aromatic heterocycles. The third-order valence-corrected chi connectivity index (χ3v) is 9.01. The largest absolute Gasteiger partial charge is 0.486 e. The minimum absolute atomic E-state index is 0.0472. The first-order chi connectivity index (χ1) is 20.2. The predicted molar refractivity (Wildman–Crippen MR) is 163 cm³/mol. The van der Waals surface area contributed by atoms with Crippen LogP contribution in [0.25, 0.3) is 0 Å². The summed E-state index contributed by atoms with van der Waals surface area (Å²) in [5.41, 5.74) is 0.0258. The van der Waals surface area contributed by atoms with Crippen molar-refractivity contribution < 1.29 is 31.9 Å². The Labute approximate surface area is 260 Å². The lowest BCUT2D eigenvalue weighted by atomic mass is 10.1. The number of carbonyl (C=O) groups excluding carboxylic acids is 2. The van der Waals surface area contributed by atoms with Crippen LogP contribution < -0.4 is 19.1 Å². The standard InChI is InChI=1S/C30H32Cl2FN3O6S/c1-19(29(38)34-30(2,3)4)35(17-20-5-11-24(31)25(32)15-20)28(37)18-36(22-8-6-21(33)7-9-22)43(39,40)23-10-12-26-27(16-23)42-14-13-41-26/h5-12,15-16,19H,13-14,17-18H2,1-4H3,(H,34,38)/t19-/m0/s1. The number of anilines is 1. The number of carbonyl (C=O) groups is 2. The lowest BCUT2D eigenvalue weighted by Crippen LogP contribution is -2.54. The van der Waals surface area contributed by atoms with Crippen LogP contribution in [0.15, 0.2) is 65.6 Å². The van der Waals surface area contributed by atoms with Crippen LogP contribution >= 0.6 is 23.2 Å². The van der Waals surface area contributed by atoms with E-state index in [2.05, 4.69) is 5.32 Å². The van der Waals surface area contributed by atoms with Crippen molar-refractivity contribution in [3.63, 3.8) is 0 Å². The quantitative estimate of drug-likeness (QED) is 0.331. The van der Waals surface area contributed by atoms with E-state index in [0.717, 1.165) is 16.4 Å². The summed E-state index contributed by atoms with van der Waals surface area (Å²) in [7, 11) is -4.40. The summed E-state index contributed by atoms with van der Waals surface area (Å²) in [6.07, 6.45) is 0. The molecule has 1 heterocycles. The van der Waals surface area contributed by atoms with Gasteiger partial charge >= 0.3 is 0 Å². The zero-order chi connectivity index (χ0) is 31.5. The fourth-order valence-corrected chi connectivity index (χ4v) is 6.09. The predicted octanol–water partition coefficient (Wildman–Crippen LogP) is 5.43. The van der Waals surface area contributed by atoms with E-state index in [1.807, 2.05) is 0 Å². The van der Waals surface area contributed by atoms with E-state index in [1.165, 1.54) is 35.2 Å². The van der Waals surface area contributed by atoms with E-state index in [4.69, 9.17) is 32.7 Å². The van der Waals surface area contributed by atoms with Crippen LogP contribution in [0.3, 0.4) is 0 Å². The molecule has 1 atom stereocenters. The second-order valence-electron chi connectivity index (χ2n) is 11.0.